The first-order valence-corrected chi connectivity index (χ1v) is 7.83. The predicted octanol–water partition coefficient (Wildman–Crippen LogP) is 4.18. The van der Waals surface area contributed by atoms with Crippen LogP contribution in [-0.2, 0) is 0 Å². The van der Waals surface area contributed by atoms with Crippen LogP contribution >= 0.6 is 0 Å². The van der Waals surface area contributed by atoms with E-state index < -0.39 is 6.04 Å². The summed E-state index contributed by atoms with van der Waals surface area (Å²) >= 11 is 0. The lowest BCUT2D eigenvalue weighted by Crippen LogP contribution is -2.34. The van der Waals surface area contributed by atoms with Gasteiger partial charge in [0.1, 0.15) is 6.04 Å². The quantitative estimate of drug-likeness (QED) is 0.712. The molecule has 24 heavy (non-hydrogen) atoms. The second-order valence-corrected chi connectivity index (χ2v) is 5.74. The van der Waals surface area contributed by atoms with Crippen molar-refractivity contribution in [3.63, 3.8) is 0 Å². The highest BCUT2D eigenvalue weighted by Crippen LogP contribution is 2.33. The molecule has 0 N–H and O–H groups in total. The van der Waals surface area contributed by atoms with Crippen LogP contribution < -0.4 is 9.80 Å². The summed E-state index contributed by atoms with van der Waals surface area (Å²) in [6.45, 7) is 0.364. The summed E-state index contributed by atoms with van der Waals surface area (Å²) in [6, 6.07) is 24.8. The number of urea groups is 1. The fourth-order valence-electron chi connectivity index (χ4n) is 3.21. The van der Waals surface area contributed by atoms with Crippen molar-refractivity contribution in [3.8, 4) is 6.07 Å². The molecule has 1 heterocycles. The largest absolute Gasteiger partial charge is 0.330 e. The number of hydrogen-bond donors (Lipinski definition) is 0. The van der Waals surface area contributed by atoms with E-state index in [9.17, 15) is 10.1 Å². The van der Waals surface area contributed by atoms with Crippen molar-refractivity contribution in [1.29, 1.82) is 5.26 Å². The molecule has 3 aromatic carbocycles. The second-order valence-electron chi connectivity index (χ2n) is 5.74. The standard InChI is InChI=1S/C20H15N3O/c21-13-17-14-22(16-9-2-1-3-10-16)20(24)23(17)19-12-6-8-15-7-4-5-11-18(15)19/h1-12,17H,14H2/t17-/m1/s1. The Balaban J connectivity index is 1.82. The maximum atomic E-state index is 13.0. The zero-order valence-electron chi connectivity index (χ0n) is 13.0. The van der Waals surface area contributed by atoms with Gasteiger partial charge in [-0.2, -0.15) is 5.26 Å². The zero-order valence-corrected chi connectivity index (χ0v) is 13.0. The SMILES string of the molecule is N#C[C@@H]1CN(c2ccccc2)C(=O)N1c1cccc2ccccc12. The minimum Gasteiger partial charge on any atom is -0.291 e. The average Bonchev–Trinajstić information content (AvgIpc) is 2.98. The number of rotatable bonds is 2. The van der Waals surface area contributed by atoms with Crippen LogP contribution in [0.25, 0.3) is 10.8 Å². The molecule has 0 aliphatic carbocycles. The van der Waals surface area contributed by atoms with Crippen molar-refractivity contribution in [3.05, 3.63) is 72.8 Å². The van der Waals surface area contributed by atoms with E-state index in [0.29, 0.717) is 6.54 Å². The van der Waals surface area contributed by atoms with Crippen molar-refractivity contribution in [2.45, 2.75) is 6.04 Å². The molecule has 1 aliphatic heterocycles. The van der Waals surface area contributed by atoms with Crippen LogP contribution in [0.1, 0.15) is 0 Å². The predicted molar refractivity (Wildman–Crippen MR) is 95.0 cm³/mol. The van der Waals surface area contributed by atoms with Crippen LogP contribution in [0.3, 0.4) is 0 Å². The van der Waals surface area contributed by atoms with Gasteiger partial charge >= 0.3 is 6.03 Å². The van der Waals surface area contributed by atoms with Crippen molar-refractivity contribution < 1.29 is 4.79 Å². The fraction of sp³-hybridized carbons (Fsp3) is 0.100. The van der Waals surface area contributed by atoms with Crippen LogP contribution in [0.15, 0.2) is 72.8 Å². The van der Waals surface area contributed by atoms with E-state index in [0.717, 1.165) is 22.1 Å². The third-order valence-corrected chi connectivity index (χ3v) is 4.35. The number of amides is 2. The molecule has 3 aromatic rings. The Morgan fingerprint density at radius 1 is 0.917 bits per heavy atom. The molecule has 0 spiro atoms. The number of nitriles is 1. The number of anilines is 2. The Kier molecular flexibility index (Phi) is 3.40. The van der Waals surface area contributed by atoms with E-state index >= 15 is 0 Å². The smallest absolute Gasteiger partial charge is 0.291 e. The highest BCUT2D eigenvalue weighted by molar-refractivity contribution is 6.11. The summed E-state index contributed by atoms with van der Waals surface area (Å²) in [5.41, 5.74) is 1.59. The van der Waals surface area contributed by atoms with Crippen LogP contribution in [0.5, 0.6) is 0 Å². The Labute approximate surface area is 140 Å². The molecule has 1 saturated heterocycles. The molecule has 4 heteroatoms. The van der Waals surface area contributed by atoms with E-state index in [1.165, 1.54) is 0 Å². The summed E-state index contributed by atoms with van der Waals surface area (Å²) in [4.78, 5) is 16.3. The van der Waals surface area contributed by atoms with Gasteiger partial charge in [-0.25, -0.2) is 4.79 Å². The number of nitrogens with zero attached hydrogens (tertiary/aromatic N) is 3. The van der Waals surface area contributed by atoms with Gasteiger partial charge in [0.2, 0.25) is 0 Å². The Hall–Kier alpha value is -3.32. The van der Waals surface area contributed by atoms with Gasteiger partial charge in [0.05, 0.1) is 18.3 Å². The lowest BCUT2D eigenvalue weighted by Gasteiger charge is -2.21. The number of benzene rings is 3. The van der Waals surface area contributed by atoms with Crippen LogP contribution in [-0.4, -0.2) is 18.6 Å². The number of carbonyl (C=O) groups excluding carboxylic acids is 1. The average molecular weight is 313 g/mol. The van der Waals surface area contributed by atoms with Crippen molar-refractivity contribution in [2.24, 2.45) is 0 Å². The zero-order chi connectivity index (χ0) is 16.5. The van der Waals surface area contributed by atoms with Crippen LogP contribution in [0.2, 0.25) is 0 Å². The van der Waals surface area contributed by atoms with Crippen LogP contribution in [0.4, 0.5) is 16.2 Å². The first-order valence-electron chi connectivity index (χ1n) is 7.83. The third-order valence-electron chi connectivity index (χ3n) is 4.35. The Morgan fingerprint density at radius 2 is 1.62 bits per heavy atom. The van der Waals surface area contributed by atoms with Crippen molar-refractivity contribution in [2.75, 3.05) is 16.3 Å². The third kappa shape index (κ3) is 2.19. The molecule has 4 rings (SSSR count). The summed E-state index contributed by atoms with van der Waals surface area (Å²) in [7, 11) is 0. The van der Waals surface area contributed by atoms with Gasteiger partial charge in [-0.15, -0.1) is 0 Å². The van der Waals surface area contributed by atoms with Gasteiger partial charge in [-0.1, -0.05) is 54.6 Å². The molecule has 1 aliphatic rings. The summed E-state index contributed by atoms with van der Waals surface area (Å²) in [6.07, 6.45) is 0. The molecule has 4 nitrogen and oxygen atoms in total. The summed E-state index contributed by atoms with van der Waals surface area (Å²) in [5.74, 6) is 0. The monoisotopic (exact) mass is 313 g/mol. The van der Waals surface area contributed by atoms with E-state index in [4.69, 9.17) is 0 Å². The van der Waals surface area contributed by atoms with Gasteiger partial charge in [-0.05, 0) is 23.6 Å². The highest BCUT2D eigenvalue weighted by atomic mass is 16.2. The number of fused-ring (bicyclic) bond motifs is 1. The topological polar surface area (TPSA) is 47.3 Å². The molecule has 0 bridgehead atoms. The Bertz CT molecular complexity index is 941. The van der Waals surface area contributed by atoms with Crippen LogP contribution in [0, 0.1) is 11.3 Å². The molecule has 0 saturated carbocycles. The highest BCUT2D eigenvalue weighted by Gasteiger charge is 2.39. The maximum absolute atomic E-state index is 13.0. The Morgan fingerprint density at radius 3 is 2.42 bits per heavy atom. The summed E-state index contributed by atoms with van der Waals surface area (Å²) in [5, 5.41) is 11.6. The van der Waals surface area contributed by atoms with E-state index in [2.05, 4.69) is 6.07 Å². The maximum Gasteiger partial charge on any atom is 0.330 e. The van der Waals surface area contributed by atoms with Gasteiger partial charge in [0.15, 0.2) is 0 Å². The molecule has 0 unspecified atom stereocenters. The molecular weight excluding hydrogens is 298 g/mol. The second kappa shape index (κ2) is 5.71. The first kappa shape index (κ1) is 14.3. The first-order chi connectivity index (χ1) is 11.8. The molecule has 1 atom stereocenters. The summed E-state index contributed by atoms with van der Waals surface area (Å²) < 4.78 is 0. The molecule has 2 amide bonds. The van der Waals surface area contributed by atoms with E-state index in [-0.39, 0.29) is 6.03 Å². The molecule has 116 valence electrons. The van der Waals surface area contributed by atoms with Gasteiger partial charge < -0.3 is 0 Å². The normalized spacial score (nSPS) is 17.3. The minimum atomic E-state index is -0.511. The molecular formula is C20H15N3O. The number of carbonyl (C=O) groups is 1. The van der Waals surface area contributed by atoms with E-state index in [1.54, 1.807) is 9.80 Å². The molecule has 0 radical (unpaired) electrons. The van der Waals surface area contributed by atoms with Gasteiger partial charge in [-0.3, -0.25) is 9.80 Å². The number of hydrogen-bond acceptors (Lipinski definition) is 2. The molecule has 0 aromatic heterocycles. The van der Waals surface area contributed by atoms with Crippen molar-refractivity contribution >= 4 is 28.2 Å². The lowest BCUT2D eigenvalue weighted by atomic mass is 10.1. The van der Waals surface area contributed by atoms with Gasteiger partial charge in [0.25, 0.3) is 0 Å². The van der Waals surface area contributed by atoms with Gasteiger partial charge in [0, 0.05) is 11.1 Å². The molecule has 1 fully saturated rings. The minimum absolute atomic E-state index is 0.163. The van der Waals surface area contributed by atoms with E-state index in [1.807, 2.05) is 72.8 Å². The number of para-hydroxylation sites is 1. The van der Waals surface area contributed by atoms with Crippen molar-refractivity contribution in [1.82, 2.24) is 0 Å². The fourth-order valence-corrected chi connectivity index (χ4v) is 3.21. The lowest BCUT2D eigenvalue weighted by molar-refractivity contribution is 0.255.